The van der Waals surface area contributed by atoms with Crippen molar-refractivity contribution in [3.05, 3.63) is 12.4 Å². The van der Waals surface area contributed by atoms with E-state index in [2.05, 4.69) is 4.37 Å². The first kappa shape index (κ1) is 5.55. The van der Waals surface area contributed by atoms with Crippen LogP contribution in [0.1, 0.15) is 0 Å². The molecule has 0 radical (unpaired) electrons. The van der Waals surface area contributed by atoms with Gasteiger partial charge in [-0.05, 0) is 11.5 Å². The number of rotatable bonds is 0. The first-order chi connectivity index (χ1) is 4.79. The van der Waals surface area contributed by atoms with Crippen molar-refractivity contribution in [1.29, 1.82) is 0 Å². The largest absolute Gasteiger partial charge is 0.505 e. The average Bonchev–Trinajstić information content (AvgIpc) is 2.39. The number of fused-ring (bicyclic) bond motifs is 1. The fourth-order valence-electron chi connectivity index (χ4n) is 0.843. The summed E-state index contributed by atoms with van der Waals surface area (Å²) in [5.74, 6) is 0.709. The van der Waals surface area contributed by atoms with Gasteiger partial charge in [-0.25, -0.2) is 0 Å². The van der Waals surface area contributed by atoms with Crippen LogP contribution in [0.3, 0.4) is 0 Å². The Bertz CT molecular complexity index is 332. The molecular formula is C5H5N3OS. The lowest BCUT2D eigenvalue weighted by Gasteiger charge is -1.82. The highest BCUT2D eigenvalue weighted by Gasteiger charge is 2.05. The normalized spacial score (nSPS) is 10.8. The first-order valence-electron chi connectivity index (χ1n) is 2.69. The molecule has 0 saturated carbocycles. The van der Waals surface area contributed by atoms with Gasteiger partial charge >= 0.3 is 0 Å². The van der Waals surface area contributed by atoms with E-state index in [1.165, 1.54) is 17.6 Å². The number of anilines is 1. The van der Waals surface area contributed by atoms with Gasteiger partial charge in [0.05, 0.1) is 0 Å². The third kappa shape index (κ3) is 0.522. The van der Waals surface area contributed by atoms with Crippen molar-refractivity contribution in [2.24, 2.45) is 0 Å². The quantitative estimate of drug-likeness (QED) is 0.588. The Morgan fingerprint density at radius 2 is 2.50 bits per heavy atom. The predicted octanol–water partition coefficient (Wildman–Crippen LogP) is 0.684. The number of nitrogen functional groups attached to an aromatic ring is 1. The minimum absolute atomic E-state index is 0.194. The number of aromatic hydroxyl groups is 1. The molecule has 0 saturated heterocycles. The van der Waals surface area contributed by atoms with E-state index in [-0.39, 0.29) is 5.75 Å². The molecule has 0 spiro atoms. The molecule has 10 heavy (non-hydrogen) atoms. The van der Waals surface area contributed by atoms with Crippen LogP contribution in [0.2, 0.25) is 0 Å². The van der Waals surface area contributed by atoms with Gasteiger partial charge < -0.3 is 10.8 Å². The zero-order valence-electron chi connectivity index (χ0n) is 4.98. The zero-order valence-corrected chi connectivity index (χ0v) is 5.80. The summed E-state index contributed by atoms with van der Waals surface area (Å²) in [6.07, 6.45) is 1.58. The van der Waals surface area contributed by atoms with E-state index in [0.717, 1.165) is 0 Å². The molecule has 0 unspecified atom stereocenters. The lowest BCUT2D eigenvalue weighted by molar-refractivity contribution is 0.483. The molecule has 3 N–H and O–H groups in total. The second kappa shape index (κ2) is 1.63. The van der Waals surface area contributed by atoms with Crippen LogP contribution in [0.15, 0.2) is 12.4 Å². The van der Waals surface area contributed by atoms with Gasteiger partial charge in [0.15, 0.2) is 10.6 Å². The molecule has 4 nitrogen and oxygen atoms in total. The third-order valence-corrected chi connectivity index (χ3v) is 2.08. The number of nitrogens with two attached hydrogens (primary N) is 1. The lowest BCUT2D eigenvalue weighted by atomic mass is 10.6. The SMILES string of the molecule is Nc1cc(O)c2sncn12. The van der Waals surface area contributed by atoms with Gasteiger partial charge in [-0.2, -0.15) is 4.37 Å². The van der Waals surface area contributed by atoms with Gasteiger partial charge in [0.1, 0.15) is 12.1 Å². The van der Waals surface area contributed by atoms with Gasteiger partial charge in [0.25, 0.3) is 0 Å². The van der Waals surface area contributed by atoms with Crippen molar-refractivity contribution in [1.82, 2.24) is 8.77 Å². The number of aromatic nitrogens is 2. The number of hydrogen-bond acceptors (Lipinski definition) is 4. The molecule has 0 aliphatic rings. The van der Waals surface area contributed by atoms with Gasteiger partial charge in [-0.1, -0.05) is 0 Å². The van der Waals surface area contributed by atoms with Gasteiger partial charge in [-0.3, -0.25) is 4.40 Å². The van der Waals surface area contributed by atoms with Gasteiger partial charge in [0.2, 0.25) is 0 Å². The summed E-state index contributed by atoms with van der Waals surface area (Å²) in [5.41, 5.74) is 5.49. The maximum Gasteiger partial charge on any atom is 0.163 e. The van der Waals surface area contributed by atoms with Gasteiger partial charge in [0, 0.05) is 6.07 Å². The van der Waals surface area contributed by atoms with Crippen LogP contribution >= 0.6 is 11.5 Å². The van der Waals surface area contributed by atoms with Crippen molar-refractivity contribution >= 4 is 22.2 Å². The Balaban J connectivity index is 2.98. The Morgan fingerprint density at radius 3 is 3.20 bits per heavy atom. The topological polar surface area (TPSA) is 63.5 Å². The van der Waals surface area contributed by atoms with Crippen molar-refractivity contribution in [2.75, 3.05) is 5.73 Å². The van der Waals surface area contributed by atoms with E-state index >= 15 is 0 Å². The van der Waals surface area contributed by atoms with Crippen molar-refractivity contribution in [3.63, 3.8) is 0 Å². The maximum atomic E-state index is 9.15. The molecule has 0 bridgehead atoms. The molecule has 0 fully saturated rings. The van der Waals surface area contributed by atoms with E-state index in [1.54, 1.807) is 10.7 Å². The lowest BCUT2D eigenvalue weighted by Crippen LogP contribution is -1.87. The molecule has 2 rings (SSSR count). The van der Waals surface area contributed by atoms with Gasteiger partial charge in [-0.15, -0.1) is 0 Å². The van der Waals surface area contributed by atoms with Crippen LogP contribution in [-0.2, 0) is 0 Å². The Labute approximate surface area is 60.7 Å². The molecule has 2 heterocycles. The van der Waals surface area contributed by atoms with Crippen LogP contribution in [-0.4, -0.2) is 13.9 Å². The average molecular weight is 155 g/mol. The smallest absolute Gasteiger partial charge is 0.163 e. The van der Waals surface area contributed by atoms with Crippen molar-refractivity contribution in [2.45, 2.75) is 0 Å². The highest BCUT2D eigenvalue weighted by atomic mass is 32.1. The monoisotopic (exact) mass is 155 g/mol. The molecule has 2 aromatic heterocycles. The summed E-state index contributed by atoms with van der Waals surface area (Å²) in [5, 5.41) is 9.15. The second-order valence-electron chi connectivity index (χ2n) is 1.94. The molecule has 0 aliphatic carbocycles. The Kier molecular flexibility index (Phi) is 0.906. The van der Waals surface area contributed by atoms with E-state index in [9.17, 15) is 0 Å². The molecular weight excluding hydrogens is 150 g/mol. The summed E-state index contributed by atoms with van der Waals surface area (Å²) >= 11 is 1.22. The van der Waals surface area contributed by atoms with Crippen LogP contribution in [0, 0.1) is 0 Å². The molecule has 0 aliphatic heterocycles. The fraction of sp³-hybridized carbons (Fsp3) is 0. The molecule has 52 valence electrons. The summed E-state index contributed by atoms with van der Waals surface area (Å²) in [6.45, 7) is 0. The zero-order chi connectivity index (χ0) is 7.14. The number of nitrogens with zero attached hydrogens (tertiary/aromatic N) is 2. The van der Waals surface area contributed by atoms with Crippen LogP contribution < -0.4 is 5.73 Å². The summed E-state index contributed by atoms with van der Waals surface area (Å²) in [4.78, 5) is 0.692. The maximum absolute atomic E-state index is 9.15. The standard InChI is InChI=1S/C5H5N3OS/c6-4-1-3(9)5-8(4)2-7-10-5/h1-2,9H,6H2. The highest BCUT2D eigenvalue weighted by Crippen LogP contribution is 2.26. The van der Waals surface area contributed by atoms with Crippen LogP contribution in [0.4, 0.5) is 5.82 Å². The first-order valence-corrected chi connectivity index (χ1v) is 3.46. The fourth-order valence-corrected chi connectivity index (χ4v) is 1.48. The minimum atomic E-state index is 0.194. The minimum Gasteiger partial charge on any atom is -0.505 e. The summed E-state index contributed by atoms with van der Waals surface area (Å²) in [7, 11) is 0. The summed E-state index contributed by atoms with van der Waals surface area (Å²) in [6, 6.07) is 1.51. The van der Waals surface area contributed by atoms with E-state index in [4.69, 9.17) is 10.8 Å². The summed E-state index contributed by atoms with van der Waals surface area (Å²) < 4.78 is 5.49. The van der Waals surface area contributed by atoms with E-state index < -0.39 is 0 Å². The molecule has 0 aromatic carbocycles. The molecule has 0 atom stereocenters. The molecule has 5 heteroatoms. The van der Waals surface area contributed by atoms with Crippen LogP contribution in [0.25, 0.3) is 4.83 Å². The highest BCUT2D eigenvalue weighted by molar-refractivity contribution is 7.12. The van der Waals surface area contributed by atoms with Crippen molar-refractivity contribution < 1.29 is 5.11 Å². The Morgan fingerprint density at radius 1 is 1.70 bits per heavy atom. The second-order valence-corrected chi connectivity index (χ2v) is 2.72. The van der Waals surface area contributed by atoms with E-state index in [1.807, 2.05) is 0 Å². The van der Waals surface area contributed by atoms with Crippen molar-refractivity contribution in [3.8, 4) is 5.75 Å². The number of hydrogen-bond donors (Lipinski definition) is 2. The molecule has 2 aromatic rings. The predicted molar refractivity (Wildman–Crippen MR) is 39.1 cm³/mol. The van der Waals surface area contributed by atoms with Crippen LogP contribution in [0.5, 0.6) is 5.75 Å². The Hall–Kier alpha value is -1.23. The van der Waals surface area contributed by atoms with E-state index in [0.29, 0.717) is 10.6 Å². The third-order valence-electron chi connectivity index (χ3n) is 1.30. The molecule has 0 amide bonds.